The third-order valence-electron chi connectivity index (χ3n) is 4.93. The van der Waals surface area contributed by atoms with Gasteiger partial charge in [0, 0.05) is 34.7 Å². The lowest BCUT2D eigenvalue weighted by Gasteiger charge is -2.12. The smallest absolute Gasteiger partial charge is 0.336 e. The molecule has 0 spiro atoms. The number of hydrogen-bond acceptors (Lipinski definition) is 6. The molecule has 0 aliphatic rings. The molecule has 0 aliphatic heterocycles. The number of nitrogens with zero attached hydrogens (tertiary/aromatic N) is 1. The first-order valence-electron chi connectivity index (χ1n) is 9.47. The van der Waals surface area contributed by atoms with Gasteiger partial charge in [-0.25, -0.2) is 4.79 Å². The number of aryl methyl sites for hydroxylation is 1. The Hall–Kier alpha value is -4.26. The van der Waals surface area contributed by atoms with Gasteiger partial charge in [-0.2, -0.15) is 0 Å². The third kappa shape index (κ3) is 4.06. The fourth-order valence-corrected chi connectivity index (χ4v) is 3.38. The van der Waals surface area contributed by atoms with Crippen molar-refractivity contribution in [1.82, 2.24) is 0 Å². The van der Waals surface area contributed by atoms with Gasteiger partial charge < -0.3 is 9.15 Å². The number of rotatable bonds is 6. The van der Waals surface area contributed by atoms with Crippen LogP contribution < -0.4 is 10.4 Å². The Morgan fingerprint density at radius 1 is 1.03 bits per heavy atom. The van der Waals surface area contributed by atoms with Gasteiger partial charge in [-0.15, -0.1) is 0 Å². The second-order valence-electron chi connectivity index (χ2n) is 6.93. The minimum absolute atomic E-state index is 0.164. The number of ketones is 1. The van der Waals surface area contributed by atoms with Crippen LogP contribution in [-0.2, 0) is 0 Å². The Morgan fingerprint density at radius 3 is 2.55 bits per heavy atom. The van der Waals surface area contributed by atoms with Gasteiger partial charge in [0.15, 0.2) is 12.4 Å². The predicted octanol–water partition coefficient (Wildman–Crippen LogP) is 4.94. The average molecular weight is 415 g/mol. The van der Waals surface area contributed by atoms with E-state index in [1.165, 1.54) is 30.3 Å². The minimum atomic E-state index is -0.558. The monoisotopic (exact) mass is 415 g/mol. The van der Waals surface area contributed by atoms with Crippen LogP contribution in [0.3, 0.4) is 0 Å². The van der Waals surface area contributed by atoms with Crippen molar-refractivity contribution in [3.63, 3.8) is 0 Å². The van der Waals surface area contributed by atoms with E-state index in [1.807, 2.05) is 30.3 Å². The lowest BCUT2D eigenvalue weighted by atomic mass is 10.0. The summed E-state index contributed by atoms with van der Waals surface area (Å²) in [5.74, 6) is -0.0117. The van der Waals surface area contributed by atoms with Crippen molar-refractivity contribution in [2.45, 2.75) is 6.92 Å². The first kappa shape index (κ1) is 20.0. The van der Waals surface area contributed by atoms with Crippen molar-refractivity contribution in [2.75, 3.05) is 6.61 Å². The predicted molar refractivity (Wildman–Crippen MR) is 116 cm³/mol. The Bertz CT molecular complexity index is 1360. The summed E-state index contributed by atoms with van der Waals surface area (Å²) >= 11 is 0. The van der Waals surface area contributed by atoms with Crippen molar-refractivity contribution in [2.24, 2.45) is 0 Å². The molecule has 0 radical (unpaired) electrons. The SMILES string of the molecule is Cc1c(OCC(=O)c2cccc([N+](=O)[O-])c2)ccc2c(-c3ccccc3)cc(=O)oc12. The van der Waals surface area contributed by atoms with E-state index < -0.39 is 16.3 Å². The number of fused-ring (bicyclic) bond motifs is 1. The molecule has 0 unspecified atom stereocenters. The molecule has 7 heteroatoms. The zero-order valence-electron chi connectivity index (χ0n) is 16.5. The third-order valence-corrected chi connectivity index (χ3v) is 4.93. The summed E-state index contributed by atoms with van der Waals surface area (Å²) < 4.78 is 11.1. The van der Waals surface area contributed by atoms with E-state index in [1.54, 1.807) is 19.1 Å². The van der Waals surface area contributed by atoms with Crippen molar-refractivity contribution in [3.8, 4) is 16.9 Å². The maximum atomic E-state index is 12.4. The van der Waals surface area contributed by atoms with Gasteiger partial charge in [0.05, 0.1) is 4.92 Å². The topological polar surface area (TPSA) is 99.6 Å². The van der Waals surface area contributed by atoms with Gasteiger partial charge in [0.25, 0.3) is 5.69 Å². The van der Waals surface area contributed by atoms with Crippen LogP contribution >= 0.6 is 0 Å². The van der Waals surface area contributed by atoms with Crippen LogP contribution in [0.4, 0.5) is 5.69 Å². The first-order valence-corrected chi connectivity index (χ1v) is 9.47. The van der Waals surface area contributed by atoms with E-state index in [4.69, 9.17) is 9.15 Å². The molecule has 0 atom stereocenters. The minimum Gasteiger partial charge on any atom is -0.485 e. The van der Waals surface area contributed by atoms with Crippen LogP contribution in [0.5, 0.6) is 5.75 Å². The first-order chi connectivity index (χ1) is 14.9. The number of hydrogen-bond donors (Lipinski definition) is 0. The van der Waals surface area contributed by atoms with Crippen LogP contribution in [-0.4, -0.2) is 17.3 Å². The molecule has 3 aromatic carbocycles. The molecule has 4 rings (SSSR count). The number of Topliss-reactive ketones (excluding diaryl/α,β-unsaturated/α-hetero) is 1. The highest BCUT2D eigenvalue weighted by Gasteiger charge is 2.16. The van der Waals surface area contributed by atoms with Crippen molar-refractivity contribution < 1.29 is 18.9 Å². The molecule has 0 N–H and O–H groups in total. The van der Waals surface area contributed by atoms with E-state index in [0.717, 1.165) is 16.5 Å². The van der Waals surface area contributed by atoms with E-state index in [-0.39, 0.29) is 17.9 Å². The number of carbonyl (C=O) groups excluding carboxylic acids is 1. The molecule has 31 heavy (non-hydrogen) atoms. The lowest BCUT2D eigenvalue weighted by Crippen LogP contribution is -2.12. The molecule has 154 valence electrons. The van der Waals surface area contributed by atoms with Crippen molar-refractivity contribution in [3.05, 3.63) is 104 Å². The largest absolute Gasteiger partial charge is 0.485 e. The van der Waals surface area contributed by atoms with Crippen LogP contribution in [0.2, 0.25) is 0 Å². The number of nitro groups is 1. The van der Waals surface area contributed by atoms with Crippen LogP contribution in [0, 0.1) is 17.0 Å². The number of nitro benzene ring substituents is 1. The highest BCUT2D eigenvalue weighted by Crippen LogP contribution is 2.33. The van der Waals surface area contributed by atoms with Gasteiger partial charge in [-0.3, -0.25) is 14.9 Å². The Labute approximate surface area is 176 Å². The maximum absolute atomic E-state index is 12.4. The van der Waals surface area contributed by atoms with Crippen molar-refractivity contribution >= 4 is 22.4 Å². The second-order valence-corrected chi connectivity index (χ2v) is 6.93. The Kier molecular flexibility index (Phi) is 5.32. The van der Waals surface area contributed by atoms with Crippen LogP contribution in [0.1, 0.15) is 15.9 Å². The molecule has 0 saturated carbocycles. The van der Waals surface area contributed by atoms with Gasteiger partial charge in [-0.05, 0) is 30.2 Å². The standard InChI is InChI=1S/C24H17NO6/c1-15-22(30-14-21(26)17-8-5-9-18(12-17)25(28)29)11-10-19-20(13-23(27)31-24(15)19)16-6-3-2-4-7-16/h2-13H,14H2,1H3. The summed E-state index contributed by atoms with van der Waals surface area (Å²) in [4.78, 5) is 35.0. The molecule has 1 heterocycles. The van der Waals surface area contributed by atoms with Crippen molar-refractivity contribution in [1.29, 1.82) is 0 Å². The summed E-state index contributed by atoms with van der Waals surface area (Å²) in [6.07, 6.45) is 0. The summed E-state index contributed by atoms with van der Waals surface area (Å²) in [6.45, 7) is 1.43. The zero-order chi connectivity index (χ0) is 22.0. The van der Waals surface area contributed by atoms with Gasteiger partial charge in [0.1, 0.15) is 11.3 Å². The molecule has 1 aromatic heterocycles. The van der Waals surface area contributed by atoms with Gasteiger partial charge >= 0.3 is 5.63 Å². The normalized spacial score (nSPS) is 10.7. The lowest BCUT2D eigenvalue weighted by molar-refractivity contribution is -0.384. The molecule has 0 fully saturated rings. The molecule has 7 nitrogen and oxygen atoms in total. The van der Waals surface area contributed by atoms with Gasteiger partial charge in [-0.1, -0.05) is 42.5 Å². The van der Waals surface area contributed by atoms with E-state index in [2.05, 4.69) is 0 Å². The second kappa shape index (κ2) is 8.23. The fourth-order valence-electron chi connectivity index (χ4n) is 3.38. The number of ether oxygens (including phenoxy) is 1. The molecular formula is C24H17NO6. The quantitative estimate of drug-likeness (QED) is 0.191. The average Bonchev–Trinajstić information content (AvgIpc) is 2.79. The molecule has 0 saturated heterocycles. The Balaban J connectivity index is 1.64. The van der Waals surface area contributed by atoms with E-state index in [9.17, 15) is 19.7 Å². The highest BCUT2D eigenvalue weighted by atomic mass is 16.6. The summed E-state index contributed by atoms with van der Waals surface area (Å²) in [5.41, 5.74) is 2.13. The van der Waals surface area contributed by atoms with Crippen LogP contribution in [0.15, 0.2) is 82.0 Å². The summed E-state index contributed by atoms with van der Waals surface area (Å²) in [5, 5.41) is 11.7. The summed E-state index contributed by atoms with van der Waals surface area (Å²) in [6, 6.07) is 19.9. The molecule has 0 amide bonds. The Morgan fingerprint density at radius 2 is 1.81 bits per heavy atom. The van der Waals surface area contributed by atoms with E-state index in [0.29, 0.717) is 16.9 Å². The number of non-ortho nitro benzene ring substituents is 1. The highest BCUT2D eigenvalue weighted by molar-refractivity contribution is 5.98. The summed E-state index contributed by atoms with van der Waals surface area (Å²) in [7, 11) is 0. The number of benzene rings is 3. The van der Waals surface area contributed by atoms with E-state index >= 15 is 0 Å². The molecule has 4 aromatic rings. The zero-order valence-corrected chi connectivity index (χ0v) is 16.5. The number of carbonyl (C=O) groups is 1. The fraction of sp³-hybridized carbons (Fsp3) is 0.0833. The van der Waals surface area contributed by atoms with Gasteiger partial charge in [0.2, 0.25) is 0 Å². The molecule has 0 aliphatic carbocycles. The molecule has 0 bridgehead atoms. The molecular weight excluding hydrogens is 398 g/mol. The maximum Gasteiger partial charge on any atom is 0.336 e. The van der Waals surface area contributed by atoms with Crippen LogP contribution in [0.25, 0.3) is 22.1 Å².